The largest absolute Gasteiger partial charge is 0.494 e. The van der Waals surface area contributed by atoms with Crippen molar-refractivity contribution in [3.63, 3.8) is 0 Å². The molecule has 0 aliphatic carbocycles. The molecule has 0 unspecified atom stereocenters. The summed E-state index contributed by atoms with van der Waals surface area (Å²) in [6.45, 7) is 2.46. The van der Waals surface area contributed by atoms with Crippen molar-refractivity contribution < 1.29 is 14.6 Å². The summed E-state index contributed by atoms with van der Waals surface area (Å²) in [6, 6.07) is 9.97. The van der Waals surface area contributed by atoms with E-state index in [-0.39, 0.29) is 0 Å². The first kappa shape index (κ1) is 19.3. The zero-order valence-electron chi connectivity index (χ0n) is 14.3. The first-order valence-electron chi connectivity index (χ1n) is 8.78. The van der Waals surface area contributed by atoms with Gasteiger partial charge in [-0.15, -0.1) is 0 Å². The van der Waals surface area contributed by atoms with Crippen LogP contribution in [0.1, 0.15) is 64.7 Å². The number of hydrogen-bond acceptors (Lipinski definition) is 2. The zero-order chi connectivity index (χ0) is 16.8. The van der Waals surface area contributed by atoms with Crippen LogP contribution in [0, 0.1) is 0 Å². The molecular formula is C20H30O3. The molecule has 1 aromatic carbocycles. The summed E-state index contributed by atoms with van der Waals surface area (Å²) in [5, 5.41) is 8.73. The van der Waals surface area contributed by atoms with Crippen molar-refractivity contribution in [2.45, 2.75) is 64.7 Å². The molecule has 23 heavy (non-hydrogen) atoms. The van der Waals surface area contributed by atoms with E-state index in [0.29, 0.717) is 5.57 Å². The van der Waals surface area contributed by atoms with Gasteiger partial charge in [0, 0.05) is 5.57 Å². The van der Waals surface area contributed by atoms with E-state index in [1.54, 1.807) is 6.92 Å². The molecule has 0 aliphatic rings. The lowest BCUT2D eigenvalue weighted by Crippen LogP contribution is -1.96. The van der Waals surface area contributed by atoms with Gasteiger partial charge in [-0.3, -0.25) is 0 Å². The van der Waals surface area contributed by atoms with Gasteiger partial charge in [-0.25, -0.2) is 4.79 Å². The van der Waals surface area contributed by atoms with Crippen LogP contribution >= 0.6 is 0 Å². The molecule has 0 atom stereocenters. The van der Waals surface area contributed by atoms with Gasteiger partial charge >= 0.3 is 5.97 Å². The predicted molar refractivity (Wildman–Crippen MR) is 94.9 cm³/mol. The second kappa shape index (κ2) is 12.7. The number of carboxylic acids is 1. The van der Waals surface area contributed by atoms with E-state index in [2.05, 4.69) is 0 Å². The smallest absolute Gasteiger partial charge is 0.330 e. The summed E-state index contributed by atoms with van der Waals surface area (Å²) in [7, 11) is 0. The summed E-state index contributed by atoms with van der Waals surface area (Å²) in [6.07, 6.45) is 12.4. The zero-order valence-corrected chi connectivity index (χ0v) is 14.3. The van der Waals surface area contributed by atoms with Crippen LogP contribution in [0.25, 0.3) is 0 Å². The van der Waals surface area contributed by atoms with E-state index in [9.17, 15) is 4.79 Å². The maximum atomic E-state index is 10.6. The van der Waals surface area contributed by atoms with Crippen LogP contribution in [0.4, 0.5) is 0 Å². The second-order valence-electron chi connectivity index (χ2n) is 5.97. The quantitative estimate of drug-likeness (QED) is 0.380. The van der Waals surface area contributed by atoms with Crippen LogP contribution < -0.4 is 4.74 Å². The van der Waals surface area contributed by atoms with Crippen LogP contribution in [-0.4, -0.2) is 17.7 Å². The van der Waals surface area contributed by atoms with Gasteiger partial charge in [0.2, 0.25) is 0 Å². The van der Waals surface area contributed by atoms with Crippen molar-refractivity contribution in [1.82, 2.24) is 0 Å². The Bertz CT molecular complexity index is 451. The van der Waals surface area contributed by atoms with Gasteiger partial charge in [-0.05, 0) is 38.3 Å². The van der Waals surface area contributed by atoms with E-state index in [4.69, 9.17) is 9.84 Å². The number of benzene rings is 1. The van der Waals surface area contributed by atoms with Crippen molar-refractivity contribution in [1.29, 1.82) is 0 Å². The second-order valence-corrected chi connectivity index (χ2v) is 5.97. The van der Waals surface area contributed by atoms with Crippen LogP contribution in [0.3, 0.4) is 0 Å². The normalized spacial score (nSPS) is 11.4. The Kier molecular flexibility index (Phi) is 10.7. The van der Waals surface area contributed by atoms with E-state index >= 15 is 0 Å². The Labute approximate surface area is 140 Å². The molecule has 1 rings (SSSR count). The van der Waals surface area contributed by atoms with Crippen LogP contribution in [0.15, 0.2) is 42.0 Å². The van der Waals surface area contributed by atoms with E-state index in [1.807, 2.05) is 36.4 Å². The topological polar surface area (TPSA) is 46.5 Å². The number of aliphatic carboxylic acids is 1. The Hall–Kier alpha value is -1.77. The number of carbonyl (C=O) groups is 1. The number of hydrogen-bond donors (Lipinski definition) is 1. The lowest BCUT2D eigenvalue weighted by molar-refractivity contribution is -0.132. The number of carboxylic acid groups (broad SMARTS) is 1. The molecule has 1 N–H and O–H groups in total. The highest BCUT2D eigenvalue weighted by Crippen LogP contribution is 2.12. The first-order valence-corrected chi connectivity index (χ1v) is 8.78. The highest BCUT2D eigenvalue weighted by molar-refractivity contribution is 5.85. The molecule has 0 spiro atoms. The van der Waals surface area contributed by atoms with Gasteiger partial charge in [-0.1, -0.05) is 62.8 Å². The Morgan fingerprint density at radius 3 is 2.13 bits per heavy atom. The maximum absolute atomic E-state index is 10.6. The van der Waals surface area contributed by atoms with E-state index in [1.165, 1.54) is 38.5 Å². The van der Waals surface area contributed by atoms with Gasteiger partial charge in [0.1, 0.15) is 5.75 Å². The predicted octanol–water partition coefficient (Wildman–Crippen LogP) is 5.61. The molecular weight excluding hydrogens is 288 g/mol. The molecule has 3 nitrogen and oxygen atoms in total. The number of para-hydroxylation sites is 1. The van der Waals surface area contributed by atoms with Gasteiger partial charge < -0.3 is 9.84 Å². The van der Waals surface area contributed by atoms with Crippen LogP contribution in [-0.2, 0) is 4.79 Å². The molecule has 0 aromatic heterocycles. The standard InChI is InChI=1S/C20H30O3/c1-18(20(21)22)14-10-7-5-3-2-4-6-8-13-17-23-19-15-11-9-12-16-19/h9,11-12,14-16H,2-8,10,13,17H2,1H3,(H,21,22). The number of unbranched alkanes of at least 4 members (excludes halogenated alkanes) is 8. The molecule has 0 radical (unpaired) electrons. The van der Waals surface area contributed by atoms with E-state index < -0.39 is 5.97 Å². The molecule has 0 bridgehead atoms. The monoisotopic (exact) mass is 318 g/mol. The minimum atomic E-state index is -0.804. The van der Waals surface area contributed by atoms with E-state index in [0.717, 1.165) is 31.6 Å². The summed E-state index contributed by atoms with van der Waals surface area (Å²) in [5.74, 6) is 0.154. The molecule has 0 saturated heterocycles. The average molecular weight is 318 g/mol. The Balaban J connectivity index is 1.83. The number of ether oxygens (including phenoxy) is 1. The SMILES string of the molecule is CC(=CCCCCCCCCCCOc1ccccc1)C(=O)O. The molecule has 0 aliphatic heterocycles. The summed E-state index contributed by atoms with van der Waals surface area (Å²) < 4.78 is 5.67. The molecule has 0 fully saturated rings. The minimum absolute atomic E-state index is 0.461. The van der Waals surface area contributed by atoms with Crippen LogP contribution in [0.5, 0.6) is 5.75 Å². The Morgan fingerprint density at radius 1 is 0.957 bits per heavy atom. The lowest BCUT2D eigenvalue weighted by atomic mass is 10.1. The summed E-state index contributed by atoms with van der Waals surface area (Å²) in [4.78, 5) is 10.6. The summed E-state index contributed by atoms with van der Waals surface area (Å²) >= 11 is 0. The Morgan fingerprint density at radius 2 is 1.52 bits per heavy atom. The number of rotatable bonds is 13. The van der Waals surface area contributed by atoms with Crippen molar-refractivity contribution in [3.05, 3.63) is 42.0 Å². The van der Waals surface area contributed by atoms with Gasteiger partial charge in [0.05, 0.1) is 6.61 Å². The molecule has 3 heteroatoms. The highest BCUT2D eigenvalue weighted by Gasteiger charge is 1.98. The van der Waals surface area contributed by atoms with Crippen molar-refractivity contribution >= 4 is 5.97 Å². The molecule has 0 amide bonds. The average Bonchev–Trinajstić information content (AvgIpc) is 2.56. The third-order valence-corrected chi connectivity index (χ3v) is 3.90. The number of allylic oxidation sites excluding steroid dienone is 1. The maximum Gasteiger partial charge on any atom is 0.330 e. The molecule has 128 valence electrons. The molecule has 0 saturated carbocycles. The molecule has 0 heterocycles. The first-order chi connectivity index (χ1) is 11.2. The van der Waals surface area contributed by atoms with Crippen molar-refractivity contribution in [2.75, 3.05) is 6.61 Å². The minimum Gasteiger partial charge on any atom is -0.494 e. The van der Waals surface area contributed by atoms with Crippen LogP contribution in [0.2, 0.25) is 0 Å². The fourth-order valence-electron chi connectivity index (χ4n) is 2.42. The van der Waals surface area contributed by atoms with Crippen molar-refractivity contribution in [2.24, 2.45) is 0 Å². The van der Waals surface area contributed by atoms with Gasteiger partial charge in [0.25, 0.3) is 0 Å². The fourth-order valence-corrected chi connectivity index (χ4v) is 2.42. The highest BCUT2D eigenvalue weighted by atomic mass is 16.5. The lowest BCUT2D eigenvalue weighted by Gasteiger charge is -2.05. The van der Waals surface area contributed by atoms with Crippen molar-refractivity contribution in [3.8, 4) is 5.75 Å². The third-order valence-electron chi connectivity index (χ3n) is 3.90. The van der Waals surface area contributed by atoms with Gasteiger partial charge in [-0.2, -0.15) is 0 Å². The van der Waals surface area contributed by atoms with Gasteiger partial charge in [0.15, 0.2) is 0 Å². The molecule has 1 aromatic rings. The summed E-state index contributed by atoms with van der Waals surface area (Å²) in [5.41, 5.74) is 0.461. The third kappa shape index (κ3) is 10.6. The fraction of sp³-hybridized carbons (Fsp3) is 0.550.